The number of alkyl halides is 2. The first-order chi connectivity index (χ1) is 12.9. The van der Waals surface area contributed by atoms with Crippen LogP contribution >= 0.6 is 0 Å². The number of hydrogen-bond acceptors (Lipinski definition) is 6. The van der Waals surface area contributed by atoms with Crippen molar-refractivity contribution in [2.45, 2.75) is 25.9 Å². The first-order valence-electron chi connectivity index (χ1n) is 8.62. The smallest absolute Gasteiger partial charge is 0.387 e. The Hall–Kier alpha value is -2.49. The van der Waals surface area contributed by atoms with Crippen LogP contribution in [0.15, 0.2) is 12.1 Å². The summed E-state index contributed by atoms with van der Waals surface area (Å²) >= 11 is 0. The highest BCUT2D eigenvalue weighted by Crippen LogP contribution is 2.36. The molecule has 1 fully saturated rings. The largest absolute Gasteiger partial charge is 0.493 e. The van der Waals surface area contributed by atoms with E-state index in [0.29, 0.717) is 19.0 Å². The molecular weight excluding hydrogens is 364 g/mol. The number of rotatable bonds is 8. The van der Waals surface area contributed by atoms with Crippen molar-refractivity contribution in [2.75, 3.05) is 33.8 Å². The van der Waals surface area contributed by atoms with Crippen LogP contribution in [0.4, 0.5) is 14.5 Å². The number of halogens is 2. The zero-order valence-corrected chi connectivity index (χ0v) is 15.2. The highest BCUT2D eigenvalue weighted by atomic mass is 19.3. The summed E-state index contributed by atoms with van der Waals surface area (Å²) in [5, 5.41) is 14.5. The van der Waals surface area contributed by atoms with Gasteiger partial charge in [0.05, 0.1) is 18.1 Å². The number of carbonyl (C=O) groups excluding carboxylic acids is 1. The molecule has 0 radical (unpaired) electrons. The number of hydrogen-bond donors (Lipinski definition) is 1. The van der Waals surface area contributed by atoms with E-state index in [1.807, 2.05) is 7.05 Å². The third-order valence-electron chi connectivity index (χ3n) is 4.63. The quantitative estimate of drug-likeness (QED) is 0.544. The number of nitrogens with one attached hydrogen (secondary N) is 1. The van der Waals surface area contributed by atoms with Crippen molar-refractivity contribution in [1.29, 1.82) is 0 Å². The minimum absolute atomic E-state index is 0.159. The molecule has 0 atom stereocenters. The Bertz CT molecular complexity index is 679. The van der Waals surface area contributed by atoms with Gasteiger partial charge in [0, 0.05) is 19.2 Å². The number of carbonyl (C=O) groups is 1. The van der Waals surface area contributed by atoms with Crippen molar-refractivity contribution in [1.82, 2.24) is 10.2 Å². The van der Waals surface area contributed by atoms with Crippen LogP contribution in [0, 0.1) is 16.0 Å². The number of likely N-dealkylation sites (tertiary alicyclic amines) is 1. The van der Waals surface area contributed by atoms with Gasteiger partial charge in [-0.15, -0.1) is 0 Å². The molecule has 8 nitrogen and oxygen atoms in total. The molecule has 1 amide bonds. The first-order valence-corrected chi connectivity index (χ1v) is 8.62. The lowest BCUT2D eigenvalue weighted by Crippen LogP contribution is -2.39. The molecule has 0 bridgehead atoms. The average Bonchev–Trinajstić information content (AvgIpc) is 2.65. The molecule has 0 aliphatic carbocycles. The van der Waals surface area contributed by atoms with E-state index in [1.165, 1.54) is 7.11 Å². The van der Waals surface area contributed by atoms with E-state index < -0.39 is 28.9 Å². The first kappa shape index (κ1) is 20.8. The average molecular weight is 387 g/mol. The molecule has 10 heteroatoms. The molecule has 27 heavy (non-hydrogen) atoms. The number of ether oxygens (including phenoxy) is 2. The highest BCUT2D eigenvalue weighted by molar-refractivity contribution is 5.99. The zero-order chi connectivity index (χ0) is 20.0. The van der Waals surface area contributed by atoms with Crippen molar-refractivity contribution < 1.29 is 28.0 Å². The summed E-state index contributed by atoms with van der Waals surface area (Å²) in [5.41, 5.74) is -0.791. The Morgan fingerprint density at radius 1 is 1.37 bits per heavy atom. The Balaban J connectivity index is 2.23. The van der Waals surface area contributed by atoms with Crippen molar-refractivity contribution in [2.24, 2.45) is 5.92 Å². The Morgan fingerprint density at radius 3 is 2.56 bits per heavy atom. The molecule has 1 N–H and O–H groups in total. The van der Waals surface area contributed by atoms with Gasteiger partial charge in [-0.1, -0.05) is 0 Å². The van der Waals surface area contributed by atoms with Gasteiger partial charge in [0.1, 0.15) is 5.56 Å². The van der Waals surface area contributed by atoms with E-state index in [2.05, 4.69) is 10.1 Å². The normalized spacial score (nSPS) is 15.1. The maximum absolute atomic E-state index is 12.8. The van der Waals surface area contributed by atoms with E-state index in [0.717, 1.165) is 37.9 Å². The number of piperidine rings is 1. The van der Waals surface area contributed by atoms with Crippen LogP contribution < -0.4 is 14.8 Å². The molecule has 1 aromatic carbocycles. The lowest BCUT2D eigenvalue weighted by molar-refractivity contribution is -0.385. The van der Waals surface area contributed by atoms with Gasteiger partial charge in [0.2, 0.25) is 0 Å². The van der Waals surface area contributed by atoms with Gasteiger partial charge in [-0.3, -0.25) is 14.9 Å². The number of nitro benzene ring substituents is 1. The molecule has 0 unspecified atom stereocenters. The lowest BCUT2D eigenvalue weighted by atomic mass is 9.93. The predicted molar refractivity (Wildman–Crippen MR) is 93.5 cm³/mol. The number of benzene rings is 1. The van der Waals surface area contributed by atoms with Gasteiger partial charge in [0.15, 0.2) is 11.5 Å². The van der Waals surface area contributed by atoms with Crippen LogP contribution in [-0.2, 0) is 0 Å². The van der Waals surface area contributed by atoms with Gasteiger partial charge < -0.3 is 19.7 Å². The molecule has 150 valence electrons. The van der Waals surface area contributed by atoms with E-state index in [9.17, 15) is 23.7 Å². The summed E-state index contributed by atoms with van der Waals surface area (Å²) in [6.07, 6.45) is 2.63. The predicted octanol–water partition coefficient (Wildman–Crippen LogP) is 2.67. The Labute approximate surface area is 155 Å². The fraction of sp³-hybridized carbons (Fsp3) is 0.588. The van der Waals surface area contributed by atoms with Crippen LogP contribution in [0.3, 0.4) is 0 Å². The number of methoxy groups -OCH3 is 1. The fourth-order valence-electron chi connectivity index (χ4n) is 3.16. The topological polar surface area (TPSA) is 93.9 Å². The van der Waals surface area contributed by atoms with Gasteiger partial charge >= 0.3 is 6.61 Å². The minimum Gasteiger partial charge on any atom is -0.493 e. The van der Waals surface area contributed by atoms with Gasteiger partial charge in [0.25, 0.3) is 11.6 Å². The monoisotopic (exact) mass is 387 g/mol. The Kier molecular flexibility index (Phi) is 7.28. The summed E-state index contributed by atoms with van der Waals surface area (Å²) in [5.74, 6) is -0.668. The molecule has 0 aromatic heterocycles. The van der Waals surface area contributed by atoms with E-state index >= 15 is 0 Å². The molecule has 1 heterocycles. The SMILES string of the molecule is CNCCC1CCN(C(=O)c2cc(OC)c(OC(F)F)cc2[N+](=O)[O-])CC1. The second kappa shape index (κ2) is 9.45. The van der Waals surface area contributed by atoms with Gasteiger partial charge in [-0.2, -0.15) is 8.78 Å². The van der Waals surface area contributed by atoms with Crippen LogP contribution in [0.5, 0.6) is 11.5 Å². The van der Waals surface area contributed by atoms with Crippen molar-refractivity contribution in [3.8, 4) is 11.5 Å². The zero-order valence-electron chi connectivity index (χ0n) is 15.2. The molecule has 1 aliphatic rings. The van der Waals surface area contributed by atoms with E-state index in [1.54, 1.807) is 4.90 Å². The molecular formula is C17H23F2N3O5. The summed E-state index contributed by atoms with van der Waals surface area (Å²) in [6, 6.07) is 1.89. The fourth-order valence-corrected chi connectivity index (χ4v) is 3.16. The van der Waals surface area contributed by atoms with Crippen LogP contribution in [0.1, 0.15) is 29.6 Å². The molecule has 1 aromatic rings. The van der Waals surface area contributed by atoms with Crippen molar-refractivity contribution in [3.63, 3.8) is 0 Å². The second-order valence-corrected chi connectivity index (χ2v) is 6.28. The highest BCUT2D eigenvalue weighted by Gasteiger charge is 2.30. The summed E-state index contributed by atoms with van der Waals surface area (Å²) in [4.78, 5) is 24.9. The van der Waals surface area contributed by atoms with E-state index in [-0.39, 0.29) is 11.3 Å². The summed E-state index contributed by atoms with van der Waals surface area (Å²) in [6.45, 7) is -1.30. The van der Waals surface area contributed by atoms with E-state index in [4.69, 9.17) is 4.74 Å². The van der Waals surface area contributed by atoms with Crippen LogP contribution in [0.25, 0.3) is 0 Å². The van der Waals surface area contributed by atoms with Crippen molar-refractivity contribution in [3.05, 3.63) is 27.8 Å². The third-order valence-corrected chi connectivity index (χ3v) is 4.63. The number of nitro groups is 1. The summed E-state index contributed by atoms with van der Waals surface area (Å²) < 4.78 is 34.3. The molecule has 0 saturated carbocycles. The summed E-state index contributed by atoms with van der Waals surface area (Å²) in [7, 11) is 3.09. The van der Waals surface area contributed by atoms with Gasteiger partial charge in [-0.25, -0.2) is 0 Å². The maximum atomic E-state index is 12.8. The standard InChI is InChI=1S/C17H23F2N3O5/c1-20-6-3-11-4-7-21(8-5-11)16(23)12-9-14(26-2)15(27-17(18)19)10-13(12)22(24)25/h9-11,17,20H,3-8H2,1-2H3. The molecule has 1 aliphatic heterocycles. The van der Waals surface area contributed by atoms with Crippen molar-refractivity contribution >= 4 is 11.6 Å². The molecule has 1 saturated heterocycles. The maximum Gasteiger partial charge on any atom is 0.387 e. The number of nitrogens with zero attached hydrogens (tertiary/aromatic N) is 2. The second-order valence-electron chi connectivity index (χ2n) is 6.28. The lowest BCUT2D eigenvalue weighted by Gasteiger charge is -2.32. The molecule has 2 rings (SSSR count). The minimum atomic E-state index is -3.17. The van der Waals surface area contributed by atoms with Gasteiger partial charge in [-0.05, 0) is 38.8 Å². The van der Waals surface area contributed by atoms with Crippen LogP contribution in [0.2, 0.25) is 0 Å². The third kappa shape index (κ3) is 5.25. The molecule has 0 spiro atoms. The Morgan fingerprint density at radius 2 is 2.04 bits per heavy atom. The van der Waals surface area contributed by atoms with Crippen LogP contribution in [-0.4, -0.2) is 56.1 Å². The number of amides is 1.